The van der Waals surface area contributed by atoms with Crippen molar-refractivity contribution >= 4 is 6.09 Å². The second-order valence-electron chi connectivity index (χ2n) is 4.76. The van der Waals surface area contributed by atoms with Crippen LogP contribution < -0.4 is 10.1 Å². The van der Waals surface area contributed by atoms with E-state index in [4.69, 9.17) is 14.7 Å². The summed E-state index contributed by atoms with van der Waals surface area (Å²) in [7, 11) is 0. The minimum absolute atomic E-state index is 0.236. The highest BCUT2D eigenvalue weighted by molar-refractivity contribution is 5.67. The summed E-state index contributed by atoms with van der Waals surface area (Å²) in [5.41, 5.74) is -0.116. The van der Waals surface area contributed by atoms with Crippen LogP contribution >= 0.6 is 0 Å². The van der Waals surface area contributed by atoms with E-state index in [1.807, 2.05) is 6.07 Å². The topological polar surface area (TPSA) is 84.2 Å². The standard InChI is InChI=1S/C13H17N3O3/c1-13(2,3)19-12(17)16-6-7-18-11-9-15-5-4-10(11)8-14/h4-5,9H,6-7H2,1-3H3,(H,16,17). The van der Waals surface area contributed by atoms with Crippen LogP contribution in [0.3, 0.4) is 0 Å². The number of hydrogen-bond donors (Lipinski definition) is 1. The van der Waals surface area contributed by atoms with Gasteiger partial charge in [-0.25, -0.2) is 4.79 Å². The molecular formula is C13H17N3O3. The van der Waals surface area contributed by atoms with E-state index in [9.17, 15) is 4.79 Å². The van der Waals surface area contributed by atoms with Crippen molar-refractivity contribution in [2.45, 2.75) is 26.4 Å². The van der Waals surface area contributed by atoms with E-state index in [2.05, 4.69) is 10.3 Å². The lowest BCUT2D eigenvalue weighted by Crippen LogP contribution is -2.34. The fourth-order valence-electron chi connectivity index (χ4n) is 1.22. The van der Waals surface area contributed by atoms with Crippen LogP contribution in [-0.4, -0.2) is 29.8 Å². The number of hydrogen-bond acceptors (Lipinski definition) is 5. The molecule has 0 saturated carbocycles. The van der Waals surface area contributed by atoms with E-state index in [0.717, 1.165) is 0 Å². The molecule has 0 atom stereocenters. The summed E-state index contributed by atoms with van der Waals surface area (Å²) in [6.07, 6.45) is 2.49. The van der Waals surface area contributed by atoms with Crippen molar-refractivity contribution in [1.82, 2.24) is 10.3 Å². The van der Waals surface area contributed by atoms with Gasteiger partial charge in [0.25, 0.3) is 0 Å². The zero-order valence-electron chi connectivity index (χ0n) is 11.3. The molecule has 1 amide bonds. The molecule has 1 rings (SSSR count). The third-order valence-corrected chi connectivity index (χ3v) is 1.93. The van der Waals surface area contributed by atoms with Crippen molar-refractivity contribution in [1.29, 1.82) is 5.26 Å². The Hall–Kier alpha value is -2.29. The summed E-state index contributed by atoms with van der Waals surface area (Å²) in [6.45, 7) is 5.89. The number of pyridine rings is 1. The zero-order valence-corrected chi connectivity index (χ0v) is 11.3. The van der Waals surface area contributed by atoms with Gasteiger partial charge in [-0.05, 0) is 26.8 Å². The molecule has 0 aliphatic heterocycles. The maximum absolute atomic E-state index is 11.3. The van der Waals surface area contributed by atoms with E-state index >= 15 is 0 Å². The van der Waals surface area contributed by atoms with Crippen LogP contribution in [0.25, 0.3) is 0 Å². The molecule has 6 heteroatoms. The molecule has 1 aromatic heterocycles. The Balaban J connectivity index is 2.32. The highest BCUT2D eigenvalue weighted by Gasteiger charge is 2.15. The number of aromatic nitrogens is 1. The molecule has 0 saturated heterocycles. The fraction of sp³-hybridized carbons (Fsp3) is 0.462. The Morgan fingerprint density at radius 3 is 2.89 bits per heavy atom. The first-order chi connectivity index (χ1) is 8.92. The normalized spacial score (nSPS) is 10.4. The quantitative estimate of drug-likeness (QED) is 0.838. The van der Waals surface area contributed by atoms with Gasteiger partial charge in [0.15, 0.2) is 5.75 Å². The lowest BCUT2D eigenvalue weighted by atomic mass is 10.2. The molecule has 0 aliphatic rings. The Labute approximate surface area is 112 Å². The van der Waals surface area contributed by atoms with Gasteiger partial charge in [0.2, 0.25) is 0 Å². The van der Waals surface area contributed by atoms with Gasteiger partial charge in [-0.3, -0.25) is 4.98 Å². The number of rotatable bonds is 4. The van der Waals surface area contributed by atoms with Crippen LogP contribution in [0.2, 0.25) is 0 Å². The first-order valence-corrected chi connectivity index (χ1v) is 5.86. The molecule has 0 aromatic carbocycles. The van der Waals surface area contributed by atoms with E-state index in [-0.39, 0.29) is 13.2 Å². The van der Waals surface area contributed by atoms with Crippen LogP contribution in [0.4, 0.5) is 4.79 Å². The number of carbonyl (C=O) groups is 1. The average molecular weight is 263 g/mol. The smallest absolute Gasteiger partial charge is 0.407 e. The predicted octanol–water partition coefficient (Wildman–Crippen LogP) is 1.86. The van der Waals surface area contributed by atoms with E-state index in [0.29, 0.717) is 11.3 Å². The second kappa shape index (κ2) is 6.59. The molecule has 1 N–H and O–H groups in total. The summed E-state index contributed by atoms with van der Waals surface area (Å²) >= 11 is 0. The molecule has 0 fully saturated rings. The molecule has 102 valence electrons. The highest BCUT2D eigenvalue weighted by Crippen LogP contribution is 2.14. The van der Waals surface area contributed by atoms with Crippen LogP contribution in [0.1, 0.15) is 26.3 Å². The monoisotopic (exact) mass is 263 g/mol. The maximum atomic E-state index is 11.3. The van der Waals surface area contributed by atoms with Crippen molar-refractivity contribution in [2.75, 3.05) is 13.2 Å². The van der Waals surface area contributed by atoms with Gasteiger partial charge in [0.05, 0.1) is 18.3 Å². The van der Waals surface area contributed by atoms with Crippen molar-refractivity contribution in [3.8, 4) is 11.8 Å². The van der Waals surface area contributed by atoms with Gasteiger partial charge in [-0.1, -0.05) is 0 Å². The summed E-state index contributed by atoms with van der Waals surface area (Å²) < 4.78 is 10.4. The van der Waals surface area contributed by atoms with Crippen LogP contribution in [0, 0.1) is 11.3 Å². The minimum Gasteiger partial charge on any atom is -0.489 e. The Morgan fingerprint density at radius 1 is 1.53 bits per heavy atom. The number of nitrogens with zero attached hydrogens (tertiary/aromatic N) is 2. The molecule has 0 aliphatic carbocycles. The molecule has 0 radical (unpaired) electrons. The van der Waals surface area contributed by atoms with E-state index in [1.165, 1.54) is 12.4 Å². The molecule has 19 heavy (non-hydrogen) atoms. The summed E-state index contributed by atoms with van der Waals surface area (Å²) in [5.74, 6) is 0.399. The molecule has 0 bridgehead atoms. The van der Waals surface area contributed by atoms with Gasteiger partial charge >= 0.3 is 6.09 Å². The second-order valence-corrected chi connectivity index (χ2v) is 4.76. The molecular weight excluding hydrogens is 246 g/mol. The Bertz CT molecular complexity index is 475. The first kappa shape index (κ1) is 14.8. The minimum atomic E-state index is -0.526. The van der Waals surface area contributed by atoms with E-state index < -0.39 is 11.7 Å². The van der Waals surface area contributed by atoms with Gasteiger partial charge in [-0.2, -0.15) is 5.26 Å². The van der Waals surface area contributed by atoms with Crippen molar-refractivity contribution < 1.29 is 14.3 Å². The predicted molar refractivity (Wildman–Crippen MR) is 68.7 cm³/mol. The SMILES string of the molecule is CC(C)(C)OC(=O)NCCOc1cnccc1C#N. The molecule has 0 spiro atoms. The molecule has 6 nitrogen and oxygen atoms in total. The lowest BCUT2D eigenvalue weighted by Gasteiger charge is -2.19. The maximum Gasteiger partial charge on any atom is 0.407 e. The van der Waals surface area contributed by atoms with Gasteiger partial charge in [0.1, 0.15) is 18.3 Å². The molecule has 0 unspecified atom stereocenters. The molecule has 1 heterocycles. The highest BCUT2D eigenvalue weighted by atomic mass is 16.6. The third kappa shape index (κ3) is 5.73. The van der Waals surface area contributed by atoms with Crippen LogP contribution in [0.5, 0.6) is 5.75 Å². The van der Waals surface area contributed by atoms with Gasteiger partial charge < -0.3 is 14.8 Å². The summed E-state index contributed by atoms with van der Waals surface area (Å²) in [5, 5.41) is 11.4. The summed E-state index contributed by atoms with van der Waals surface area (Å²) in [6, 6.07) is 3.57. The number of alkyl carbamates (subject to hydrolysis) is 1. The third-order valence-electron chi connectivity index (χ3n) is 1.93. The fourth-order valence-corrected chi connectivity index (χ4v) is 1.22. The van der Waals surface area contributed by atoms with Gasteiger partial charge in [0, 0.05) is 6.20 Å². The van der Waals surface area contributed by atoms with Crippen LogP contribution in [-0.2, 0) is 4.74 Å². The Morgan fingerprint density at radius 2 is 2.26 bits per heavy atom. The lowest BCUT2D eigenvalue weighted by molar-refractivity contribution is 0.0520. The first-order valence-electron chi connectivity index (χ1n) is 5.86. The number of amides is 1. The number of nitriles is 1. The number of carbonyl (C=O) groups excluding carboxylic acids is 1. The van der Waals surface area contributed by atoms with Gasteiger partial charge in [-0.15, -0.1) is 0 Å². The van der Waals surface area contributed by atoms with Crippen molar-refractivity contribution in [3.63, 3.8) is 0 Å². The van der Waals surface area contributed by atoms with Crippen molar-refractivity contribution in [3.05, 3.63) is 24.0 Å². The Kier molecular flexibility index (Phi) is 5.12. The van der Waals surface area contributed by atoms with E-state index in [1.54, 1.807) is 26.8 Å². The largest absolute Gasteiger partial charge is 0.489 e. The zero-order chi connectivity index (χ0) is 14.3. The summed E-state index contributed by atoms with van der Waals surface area (Å²) in [4.78, 5) is 15.2. The molecule has 1 aromatic rings. The van der Waals surface area contributed by atoms with Crippen LogP contribution in [0.15, 0.2) is 18.5 Å². The average Bonchev–Trinajstić information content (AvgIpc) is 2.33. The van der Waals surface area contributed by atoms with Crippen molar-refractivity contribution in [2.24, 2.45) is 0 Å². The number of nitrogens with one attached hydrogen (secondary N) is 1. The number of ether oxygens (including phenoxy) is 2.